The van der Waals surface area contributed by atoms with Crippen molar-refractivity contribution in [2.75, 3.05) is 23.7 Å². The Morgan fingerprint density at radius 2 is 1.89 bits per heavy atom. The molecule has 2 rings (SSSR count). The molecule has 2 heterocycles. The van der Waals surface area contributed by atoms with Gasteiger partial charge in [0.15, 0.2) is 0 Å². The lowest BCUT2D eigenvalue weighted by Crippen LogP contribution is -2.36. The minimum absolute atomic E-state index is 0.632. The number of aromatic nitrogens is 2. The molecule has 0 atom stereocenters. The van der Waals surface area contributed by atoms with E-state index in [1.54, 1.807) is 0 Å². The van der Waals surface area contributed by atoms with Gasteiger partial charge in [0.05, 0.1) is 0 Å². The maximum atomic E-state index is 6.00. The van der Waals surface area contributed by atoms with Crippen molar-refractivity contribution in [1.29, 1.82) is 0 Å². The van der Waals surface area contributed by atoms with E-state index < -0.39 is 0 Å². The van der Waals surface area contributed by atoms with Crippen LogP contribution < -0.4 is 10.6 Å². The van der Waals surface area contributed by atoms with Crippen LogP contribution in [0.4, 0.5) is 11.6 Å². The van der Waals surface area contributed by atoms with Crippen molar-refractivity contribution < 1.29 is 0 Å². The zero-order valence-corrected chi connectivity index (χ0v) is 12.6. The third kappa shape index (κ3) is 2.99. The summed E-state index contributed by atoms with van der Waals surface area (Å²) in [5.74, 6) is 4.16. The van der Waals surface area contributed by atoms with E-state index >= 15 is 0 Å². The molecule has 1 aromatic rings. The molecule has 1 aliphatic rings. The molecule has 0 aliphatic carbocycles. The van der Waals surface area contributed by atoms with Crippen molar-refractivity contribution in [1.82, 2.24) is 9.97 Å². The molecule has 4 nitrogen and oxygen atoms in total. The van der Waals surface area contributed by atoms with Crippen molar-refractivity contribution in [3.8, 4) is 0 Å². The number of piperidine rings is 1. The molecule has 0 aromatic carbocycles. The Hall–Kier alpha value is -1.32. The predicted molar refractivity (Wildman–Crippen MR) is 80.3 cm³/mol. The molecule has 1 saturated heterocycles. The molecule has 0 spiro atoms. The van der Waals surface area contributed by atoms with E-state index in [-0.39, 0.29) is 0 Å². The second-order valence-electron chi connectivity index (χ2n) is 5.90. The average Bonchev–Trinajstić information content (AvgIpc) is 2.41. The van der Waals surface area contributed by atoms with Crippen LogP contribution in [-0.4, -0.2) is 23.1 Å². The van der Waals surface area contributed by atoms with Gasteiger partial charge in [0.2, 0.25) is 0 Å². The lowest BCUT2D eigenvalue weighted by Gasteiger charge is -2.35. The second-order valence-corrected chi connectivity index (χ2v) is 5.90. The first-order valence-electron chi connectivity index (χ1n) is 7.40. The Balaban J connectivity index is 2.17. The van der Waals surface area contributed by atoms with Crippen LogP contribution in [0, 0.1) is 18.8 Å². The molecule has 4 heteroatoms. The summed E-state index contributed by atoms with van der Waals surface area (Å²) in [5.41, 5.74) is 7.03. The SMILES string of the molecule is CCc1nc(N)c(C)c(N2CCC(C(C)C)CC2)n1. The quantitative estimate of drug-likeness (QED) is 0.910. The first kappa shape index (κ1) is 14.1. The van der Waals surface area contributed by atoms with E-state index in [9.17, 15) is 0 Å². The predicted octanol–water partition coefficient (Wildman–Crippen LogP) is 2.80. The summed E-state index contributed by atoms with van der Waals surface area (Å²) in [5, 5.41) is 0. The molecule has 1 fully saturated rings. The van der Waals surface area contributed by atoms with Gasteiger partial charge in [-0.1, -0.05) is 20.8 Å². The van der Waals surface area contributed by atoms with Crippen LogP contribution in [0.5, 0.6) is 0 Å². The van der Waals surface area contributed by atoms with E-state index in [4.69, 9.17) is 5.73 Å². The molecular formula is C15H26N4. The number of aryl methyl sites for hydroxylation is 1. The maximum Gasteiger partial charge on any atom is 0.137 e. The molecule has 1 aliphatic heterocycles. The highest BCUT2D eigenvalue weighted by Gasteiger charge is 2.24. The number of hydrogen-bond acceptors (Lipinski definition) is 4. The number of nitrogens with zero attached hydrogens (tertiary/aromatic N) is 3. The topological polar surface area (TPSA) is 55.0 Å². The highest BCUT2D eigenvalue weighted by molar-refractivity contribution is 5.56. The van der Waals surface area contributed by atoms with Crippen molar-refractivity contribution in [3.63, 3.8) is 0 Å². The molecule has 106 valence electrons. The summed E-state index contributed by atoms with van der Waals surface area (Å²) in [6.07, 6.45) is 3.34. The third-order valence-electron chi connectivity index (χ3n) is 4.30. The molecule has 0 radical (unpaired) electrons. The summed E-state index contributed by atoms with van der Waals surface area (Å²) in [7, 11) is 0. The Bertz CT molecular complexity index is 434. The summed E-state index contributed by atoms with van der Waals surface area (Å²) in [6, 6.07) is 0. The van der Waals surface area contributed by atoms with E-state index in [2.05, 4.69) is 35.6 Å². The van der Waals surface area contributed by atoms with Crippen LogP contribution in [0.15, 0.2) is 0 Å². The first-order chi connectivity index (χ1) is 9.02. The fourth-order valence-corrected chi connectivity index (χ4v) is 2.81. The third-order valence-corrected chi connectivity index (χ3v) is 4.30. The Kier molecular flexibility index (Phi) is 4.27. The van der Waals surface area contributed by atoms with Crippen molar-refractivity contribution in [3.05, 3.63) is 11.4 Å². The lowest BCUT2D eigenvalue weighted by molar-refractivity contribution is 0.310. The minimum Gasteiger partial charge on any atom is -0.383 e. The molecule has 2 N–H and O–H groups in total. The molecule has 0 unspecified atom stereocenters. The van der Waals surface area contributed by atoms with Gasteiger partial charge < -0.3 is 10.6 Å². The summed E-state index contributed by atoms with van der Waals surface area (Å²) >= 11 is 0. The van der Waals surface area contributed by atoms with E-state index in [1.807, 2.05) is 6.92 Å². The van der Waals surface area contributed by atoms with E-state index in [0.717, 1.165) is 48.6 Å². The fraction of sp³-hybridized carbons (Fsp3) is 0.733. The number of rotatable bonds is 3. The summed E-state index contributed by atoms with van der Waals surface area (Å²) in [6.45, 7) is 10.9. The molecule has 0 bridgehead atoms. The van der Waals surface area contributed by atoms with Gasteiger partial charge >= 0.3 is 0 Å². The zero-order chi connectivity index (χ0) is 14.0. The van der Waals surface area contributed by atoms with Crippen LogP contribution in [0.2, 0.25) is 0 Å². The summed E-state index contributed by atoms with van der Waals surface area (Å²) < 4.78 is 0. The molecule has 0 saturated carbocycles. The largest absolute Gasteiger partial charge is 0.383 e. The molecule has 19 heavy (non-hydrogen) atoms. The van der Waals surface area contributed by atoms with Crippen molar-refractivity contribution in [2.24, 2.45) is 11.8 Å². The maximum absolute atomic E-state index is 6.00. The monoisotopic (exact) mass is 262 g/mol. The van der Waals surface area contributed by atoms with Crippen molar-refractivity contribution >= 4 is 11.6 Å². The van der Waals surface area contributed by atoms with Crippen LogP contribution in [-0.2, 0) is 6.42 Å². The first-order valence-corrected chi connectivity index (χ1v) is 7.40. The highest BCUT2D eigenvalue weighted by Crippen LogP contribution is 2.29. The van der Waals surface area contributed by atoms with Gasteiger partial charge in [-0.25, -0.2) is 9.97 Å². The molecule has 1 aromatic heterocycles. The number of anilines is 2. The number of nitrogen functional groups attached to an aromatic ring is 1. The standard InChI is InChI=1S/C15H26N4/c1-5-13-17-14(16)11(4)15(18-13)19-8-6-12(7-9-19)10(2)3/h10,12H,5-9H2,1-4H3,(H2,16,17,18). The zero-order valence-electron chi connectivity index (χ0n) is 12.6. The van der Waals surface area contributed by atoms with E-state index in [1.165, 1.54) is 12.8 Å². The summed E-state index contributed by atoms with van der Waals surface area (Å²) in [4.78, 5) is 11.4. The van der Waals surface area contributed by atoms with Crippen molar-refractivity contribution in [2.45, 2.75) is 47.0 Å². The average molecular weight is 262 g/mol. The highest BCUT2D eigenvalue weighted by atomic mass is 15.2. The number of hydrogen-bond donors (Lipinski definition) is 1. The minimum atomic E-state index is 0.632. The lowest BCUT2D eigenvalue weighted by atomic mass is 9.86. The number of nitrogens with two attached hydrogens (primary N) is 1. The van der Waals surface area contributed by atoms with Crippen LogP contribution in [0.1, 0.15) is 45.0 Å². The second kappa shape index (κ2) is 5.76. The van der Waals surface area contributed by atoms with Gasteiger partial charge in [-0.15, -0.1) is 0 Å². The van der Waals surface area contributed by atoms with Gasteiger partial charge in [-0.05, 0) is 31.6 Å². The Morgan fingerprint density at radius 1 is 1.26 bits per heavy atom. The van der Waals surface area contributed by atoms with Gasteiger partial charge in [-0.3, -0.25) is 0 Å². The normalized spacial score (nSPS) is 17.2. The van der Waals surface area contributed by atoms with Gasteiger partial charge in [0.1, 0.15) is 17.5 Å². The van der Waals surface area contributed by atoms with Gasteiger partial charge in [0, 0.05) is 25.1 Å². The Labute approximate surface area is 116 Å². The van der Waals surface area contributed by atoms with Gasteiger partial charge in [-0.2, -0.15) is 0 Å². The van der Waals surface area contributed by atoms with E-state index in [0.29, 0.717) is 5.82 Å². The molecular weight excluding hydrogens is 236 g/mol. The van der Waals surface area contributed by atoms with Crippen LogP contribution in [0.3, 0.4) is 0 Å². The van der Waals surface area contributed by atoms with Crippen LogP contribution >= 0.6 is 0 Å². The van der Waals surface area contributed by atoms with Crippen LogP contribution in [0.25, 0.3) is 0 Å². The van der Waals surface area contributed by atoms with Gasteiger partial charge in [0.25, 0.3) is 0 Å². The smallest absolute Gasteiger partial charge is 0.137 e. The fourth-order valence-electron chi connectivity index (χ4n) is 2.81. The Morgan fingerprint density at radius 3 is 2.42 bits per heavy atom. The molecule has 0 amide bonds.